The molecular formula is C25H19N3O. The first-order valence-corrected chi connectivity index (χ1v) is 9.52. The van der Waals surface area contributed by atoms with Gasteiger partial charge in [-0.1, -0.05) is 66.7 Å². The molecule has 0 radical (unpaired) electrons. The topological polar surface area (TPSA) is 46.9 Å². The number of hydrogen-bond acceptors (Lipinski definition) is 2. The lowest BCUT2D eigenvalue weighted by atomic mass is 10.0. The van der Waals surface area contributed by atoms with E-state index in [9.17, 15) is 4.79 Å². The molecule has 0 saturated carbocycles. The molecule has 140 valence electrons. The summed E-state index contributed by atoms with van der Waals surface area (Å²) in [5, 5.41) is 5.14. The molecule has 0 spiro atoms. The van der Waals surface area contributed by atoms with Crippen molar-refractivity contribution in [1.82, 2.24) is 9.55 Å². The van der Waals surface area contributed by atoms with Crippen LogP contribution in [0.2, 0.25) is 0 Å². The number of anilines is 1. The number of rotatable bonds is 3. The summed E-state index contributed by atoms with van der Waals surface area (Å²) in [6.45, 7) is 0. The van der Waals surface area contributed by atoms with Crippen LogP contribution in [0.15, 0.2) is 91.1 Å². The van der Waals surface area contributed by atoms with Crippen LogP contribution in [0.5, 0.6) is 0 Å². The zero-order valence-corrected chi connectivity index (χ0v) is 16.0. The molecule has 4 nitrogen and oxygen atoms in total. The Hall–Kier alpha value is -3.92. The number of fused-ring (bicyclic) bond motifs is 2. The Morgan fingerprint density at radius 3 is 2.48 bits per heavy atom. The Balaban J connectivity index is 1.68. The van der Waals surface area contributed by atoms with Gasteiger partial charge in [-0.15, -0.1) is 0 Å². The Morgan fingerprint density at radius 2 is 1.62 bits per heavy atom. The maximum atomic E-state index is 13.5. The molecule has 2 heterocycles. The third-order valence-corrected chi connectivity index (χ3v) is 5.27. The third kappa shape index (κ3) is 2.86. The quantitative estimate of drug-likeness (QED) is 0.442. The summed E-state index contributed by atoms with van der Waals surface area (Å²) in [4.78, 5) is 17.9. The van der Waals surface area contributed by atoms with Gasteiger partial charge in [0.05, 0.1) is 11.2 Å². The van der Waals surface area contributed by atoms with Gasteiger partial charge in [-0.25, -0.2) is 0 Å². The average Bonchev–Trinajstić information content (AvgIpc) is 3.07. The molecule has 0 aliphatic rings. The minimum atomic E-state index is -0.152. The maximum absolute atomic E-state index is 13.5. The van der Waals surface area contributed by atoms with Crippen molar-refractivity contribution in [3.8, 4) is 11.1 Å². The molecule has 1 N–H and O–H groups in total. The standard InChI is InChI=1S/C25H19N3O/c1-28-21-15-6-5-13-19(21)22(17-9-3-2-4-10-17)24(28)25(29)27-20-14-7-11-18-12-8-16-26-23(18)20/h2-16H,1H3,(H,27,29). The summed E-state index contributed by atoms with van der Waals surface area (Å²) < 4.78 is 1.96. The highest BCUT2D eigenvalue weighted by molar-refractivity contribution is 6.16. The molecule has 0 aliphatic heterocycles. The molecule has 1 amide bonds. The number of hydrogen-bond donors (Lipinski definition) is 1. The maximum Gasteiger partial charge on any atom is 0.273 e. The molecule has 3 aromatic carbocycles. The first kappa shape index (κ1) is 17.2. The summed E-state index contributed by atoms with van der Waals surface area (Å²) in [6, 6.07) is 27.8. The second kappa shape index (κ2) is 6.91. The van der Waals surface area contributed by atoms with Crippen molar-refractivity contribution >= 4 is 33.4 Å². The molecule has 0 fully saturated rings. The molecule has 5 rings (SSSR count). The van der Waals surface area contributed by atoms with Gasteiger partial charge in [-0.3, -0.25) is 9.78 Å². The lowest BCUT2D eigenvalue weighted by Crippen LogP contribution is -2.17. The molecule has 0 saturated heterocycles. The Morgan fingerprint density at radius 1 is 0.862 bits per heavy atom. The zero-order valence-electron chi connectivity index (χ0n) is 16.0. The number of nitrogens with one attached hydrogen (secondary N) is 1. The number of carbonyl (C=O) groups excluding carboxylic acids is 1. The van der Waals surface area contributed by atoms with Crippen molar-refractivity contribution in [3.05, 3.63) is 96.8 Å². The minimum absolute atomic E-state index is 0.152. The molecule has 0 atom stereocenters. The molecule has 0 aliphatic carbocycles. The smallest absolute Gasteiger partial charge is 0.273 e. The van der Waals surface area contributed by atoms with E-state index in [-0.39, 0.29) is 5.91 Å². The van der Waals surface area contributed by atoms with Crippen LogP contribution < -0.4 is 5.32 Å². The van der Waals surface area contributed by atoms with E-state index in [1.54, 1.807) is 6.20 Å². The predicted molar refractivity (Wildman–Crippen MR) is 118 cm³/mol. The first-order valence-electron chi connectivity index (χ1n) is 9.52. The van der Waals surface area contributed by atoms with E-state index in [4.69, 9.17) is 0 Å². The predicted octanol–water partition coefficient (Wildman–Crippen LogP) is 5.65. The van der Waals surface area contributed by atoms with Gasteiger partial charge in [0.15, 0.2) is 0 Å². The van der Waals surface area contributed by atoms with Crippen molar-refractivity contribution in [1.29, 1.82) is 0 Å². The number of aromatic nitrogens is 2. The Bertz CT molecular complexity index is 1350. The highest BCUT2D eigenvalue weighted by atomic mass is 16.2. The van der Waals surface area contributed by atoms with Gasteiger partial charge in [-0.05, 0) is 23.8 Å². The van der Waals surface area contributed by atoms with Gasteiger partial charge < -0.3 is 9.88 Å². The van der Waals surface area contributed by atoms with Crippen molar-refractivity contribution in [2.45, 2.75) is 0 Å². The van der Waals surface area contributed by atoms with Gasteiger partial charge >= 0.3 is 0 Å². The first-order chi connectivity index (χ1) is 14.2. The van der Waals surface area contributed by atoms with Crippen LogP contribution in [-0.2, 0) is 7.05 Å². The van der Waals surface area contributed by atoms with Crippen LogP contribution in [0.4, 0.5) is 5.69 Å². The minimum Gasteiger partial charge on any atom is -0.339 e. The lowest BCUT2D eigenvalue weighted by Gasteiger charge is -2.11. The Labute approximate surface area is 168 Å². The number of benzene rings is 3. The highest BCUT2D eigenvalue weighted by Crippen LogP contribution is 2.35. The van der Waals surface area contributed by atoms with Gasteiger partial charge in [0.1, 0.15) is 5.69 Å². The average molecular weight is 377 g/mol. The zero-order chi connectivity index (χ0) is 19.8. The largest absolute Gasteiger partial charge is 0.339 e. The van der Waals surface area contributed by atoms with Crippen molar-refractivity contribution in [3.63, 3.8) is 0 Å². The van der Waals surface area contributed by atoms with E-state index < -0.39 is 0 Å². The lowest BCUT2D eigenvalue weighted by molar-refractivity contribution is 0.102. The van der Waals surface area contributed by atoms with E-state index >= 15 is 0 Å². The number of para-hydroxylation sites is 2. The normalized spacial score (nSPS) is 11.1. The summed E-state index contributed by atoms with van der Waals surface area (Å²) in [5.74, 6) is -0.152. The number of pyridine rings is 1. The fourth-order valence-corrected chi connectivity index (χ4v) is 3.94. The molecule has 2 aromatic heterocycles. The second-order valence-electron chi connectivity index (χ2n) is 7.00. The number of aryl methyl sites for hydroxylation is 1. The van der Waals surface area contributed by atoms with Crippen LogP contribution in [0.25, 0.3) is 32.9 Å². The van der Waals surface area contributed by atoms with E-state index in [1.165, 1.54) is 0 Å². The highest BCUT2D eigenvalue weighted by Gasteiger charge is 2.22. The van der Waals surface area contributed by atoms with E-state index in [0.717, 1.165) is 32.9 Å². The Kier molecular flexibility index (Phi) is 4.10. The summed E-state index contributed by atoms with van der Waals surface area (Å²) in [6.07, 6.45) is 1.74. The monoisotopic (exact) mass is 377 g/mol. The molecule has 4 heteroatoms. The molecule has 5 aromatic rings. The number of nitrogens with zero attached hydrogens (tertiary/aromatic N) is 2. The van der Waals surface area contributed by atoms with Crippen LogP contribution >= 0.6 is 0 Å². The van der Waals surface area contributed by atoms with Gasteiger partial charge in [0.2, 0.25) is 0 Å². The SMILES string of the molecule is Cn1c(C(=O)Nc2cccc3cccnc23)c(-c2ccccc2)c2ccccc21. The molecule has 29 heavy (non-hydrogen) atoms. The van der Waals surface area contributed by atoms with Gasteiger partial charge in [0, 0.05) is 35.1 Å². The van der Waals surface area contributed by atoms with Crippen molar-refractivity contribution in [2.75, 3.05) is 5.32 Å². The van der Waals surface area contributed by atoms with Crippen molar-refractivity contribution in [2.24, 2.45) is 7.05 Å². The summed E-state index contributed by atoms with van der Waals surface area (Å²) in [7, 11) is 1.94. The molecule has 0 unspecified atom stereocenters. The number of amides is 1. The summed E-state index contributed by atoms with van der Waals surface area (Å²) in [5.41, 5.74) is 5.10. The van der Waals surface area contributed by atoms with Gasteiger partial charge in [0.25, 0.3) is 5.91 Å². The fourth-order valence-electron chi connectivity index (χ4n) is 3.94. The van der Waals surface area contributed by atoms with Crippen LogP contribution in [0.1, 0.15) is 10.5 Å². The summed E-state index contributed by atoms with van der Waals surface area (Å²) >= 11 is 0. The van der Waals surface area contributed by atoms with E-state index in [1.807, 2.05) is 90.5 Å². The van der Waals surface area contributed by atoms with E-state index in [2.05, 4.69) is 16.4 Å². The molecular weight excluding hydrogens is 358 g/mol. The van der Waals surface area contributed by atoms with Crippen molar-refractivity contribution < 1.29 is 4.79 Å². The fraction of sp³-hybridized carbons (Fsp3) is 0.0400. The van der Waals surface area contributed by atoms with Crippen LogP contribution in [0, 0.1) is 0 Å². The molecule has 0 bridgehead atoms. The van der Waals surface area contributed by atoms with E-state index in [0.29, 0.717) is 11.4 Å². The van der Waals surface area contributed by atoms with Crippen LogP contribution in [0.3, 0.4) is 0 Å². The second-order valence-corrected chi connectivity index (χ2v) is 7.00. The number of carbonyl (C=O) groups is 1. The third-order valence-electron chi connectivity index (χ3n) is 5.27. The van der Waals surface area contributed by atoms with Crippen LogP contribution in [-0.4, -0.2) is 15.5 Å². The van der Waals surface area contributed by atoms with Gasteiger partial charge in [-0.2, -0.15) is 0 Å².